The molecule has 0 radical (unpaired) electrons. The first-order valence-corrected chi connectivity index (χ1v) is 18.1. The summed E-state index contributed by atoms with van der Waals surface area (Å²) in [6.07, 6.45) is 5.09. The molecule has 4 aromatic rings. The van der Waals surface area contributed by atoms with E-state index in [1.54, 1.807) is 6.07 Å². The Bertz CT molecular complexity index is 1870. The van der Waals surface area contributed by atoms with Crippen molar-refractivity contribution >= 4 is 17.4 Å². The summed E-state index contributed by atoms with van der Waals surface area (Å²) in [6.45, 7) is 18.2. The molecular weight excluding hydrogens is 633 g/mol. The first-order valence-electron chi connectivity index (χ1n) is 18.1. The smallest absolute Gasteiger partial charge is 0.337 e. The van der Waals surface area contributed by atoms with E-state index in [4.69, 9.17) is 19.2 Å². The number of pyridine rings is 1. The average Bonchev–Trinajstić information content (AvgIpc) is 3.48. The van der Waals surface area contributed by atoms with Crippen LogP contribution in [-0.4, -0.2) is 57.5 Å². The predicted octanol–water partition coefficient (Wildman–Crippen LogP) is 9.51. The second-order valence-electron chi connectivity index (χ2n) is 15.6. The second kappa shape index (κ2) is 14.0. The molecule has 268 valence electrons. The molecule has 0 aliphatic carbocycles. The fraction of sp³-hybridized carbons (Fsp3) is 0.512. The van der Waals surface area contributed by atoms with Crippen LogP contribution in [0.15, 0.2) is 48.7 Å². The van der Waals surface area contributed by atoms with Gasteiger partial charge in [-0.25, -0.2) is 14.2 Å². The molecule has 5 heterocycles. The number of aromatic nitrogens is 2. The third-order valence-electron chi connectivity index (χ3n) is 10.1. The van der Waals surface area contributed by atoms with Crippen molar-refractivity contribution in [2.75, 3.05) is 24.6 Å². The van der Waals surface area contributed by atoms with Crippen LogP contribution in [0.1, 0.15) is 109 Å². The SMILES string of the molecule is Cc1c([C@H](OC(C)(C)C)C(=O)O)c2n3cc(nc3c1C(C)C)-c1cccc(c1)-c1cc(F)ccc1O[C@@H](C)CCCCOC1(C)CCN2CC1. The number of imidazole rings is 1. The summed E-state index contributed by atoms with van der Waals surface area (Å²) in [5, 5.41) is 10.7. The zero-order valence-corrected chi connectivity index (χ0v) is 30.8. The molecule has 8 nitrogen and oxygen atoms in total. The Hall–Kier alpha value is -3.95. The maximum Gasteiger partial charge on any atom is 0.337 e. The number of hydrogen-bond acceptors (Lipinski definition) is 6. The first kappa shape index (κ1) is 35.9. The minimum atomic E-state index is -1.19. The van der Waals surface area contributed by atoms with E-state index in [9.17, 15) is 14.3 Å². The highest BCUT2D eigenvalue weighted by Gasteiger charge is 2.38. The molecule has 0 amide bonds. The van der Waals surface area contributed by atoms with Crippen molar-refractivity contribution < 1.29 is 28.5 Å². The summed E-state index contributed by atoms with van der Waals surface area (Å²) in [6, 6.07) is 12.6. The van der Waals surface area contributed by atoms with Crippen LogP contribution >= 0.6 is 0 Å². The van der Waals surface area contributed by atoms with Gasteiger partial charge in [0.25, 0.3) is 0 Å². The zero-order valence-electron chi connectivity index (χ0n) is 30.8. The lowest BCUT2D eigenvalue weighted by atomic mass is 9.90. The summed E-state index contributed by atoms with van der Waals surface area (Å²) in [5.74, 6) is 0.122. The van der Waals surface area contributed by atoms with Crippen molar-refractivity contribution in [3.8, 4) is 28.1 Å². The predicted molar refractivity (Wildman–Crippen MR) is 196 cm³/mol. The monoisotopic (exact) mass is 685 g/mol. The van der Waals surface area contributed by atoms with Crippen LogP contribution in [0.5, 0.6) is 5.75 Å². The van der Waals surface area contributed by atoms with Gasteiger partial charge in [0.1, 0.15) is 23.0 Å². The molecule has 0 saturated carbocycles. The minimum absolute atomic E-state index is 0.0487. The molecule has 1 N–H and O–H groups in total. The number of carboxylic acid groups (broad SMARTS) is 1. The standard InChI is InChI=1S/C41H52FN3O5/c1-25(2)34-27(4)35(36(39(46)47)50-40(5,6)7)38-44-19-17-41(8,18-20-44)48-21-10-9-12-26(3)49-33-16-15-30(42)23-31(33)28-13-11-14-29(22-28)32-24-45(38)37(34)43-32/h11,13-16,22-26,36H,9-10,12,17-21H2,1-8H3,(H,46,47)/t26-,36-/m0/s1. The molecule has 3 aliphatic heterocycles. The van der Waals surface area contributed by atoms with Crippen molar-refractivity contribution in [1.82, 2.24) is 9.38 Å². The van der Waals surface area contributed by atoms with Crippen LogP contribution in [0.3, 0.4) is 0 Å². The van der Waals surface area contributed by atoms with E-state index in [-0.39, 0.29) is 23.4 Å². The Labute approximate surface area is 295 Å². The Kier molecular flexibility index (Phi) is 10.0. The molecule has 0 spiro atoms. The highest BCUT2D eigenvalue weighted by Crippen LogP contribution is 2.43. The van der Waals surface area contributed by atoms with Gasteiger partial charge in [-0.05, 0) is 115 Å². The van der Waals surface area contributed by atoms with Gasteiger partial charge in [-0.1, -0.05) is 32.0 Å². The van der Waals surface area contributed by atoms with Crippen LogP contribution in [0.2, 0.25) is 0 Å². The normalized spacial score (nSPS) is 20.9. The molecule has 6 bridgehead atoms. The number of aliphatic carboxylic acids is 1. The van der Waals surface area contributed by atoms with E-state index < -0.39 is 17.7 Å². The molecular formula is C41H52FN3O5. The van der Waals surface area contributed by atoms with Gasteiger partial charge in [-0.3, -0.25) is 4.40 Å². The number of anilines is 1. The van der Waals surface area contributed by atoms with Crippen molar-refractivity contribution in [3.63, 3.8) is 0 Å². The number of fused-ring (bicyclic) bond motifs is 8. The number of rotatable bonds is 4. The second-order valence-corrected chi connectivity index (χ2v) is 15.6. The number of halogens is 1. The average molecular weight is 686 g/mol. The van der Waals surface area contributed by atoms with Crippen LogP contribution < -0.4 is 9.64 Å². The summed E-state index contributed by atoms with van der Waals surface area (Å²) in [5.41, 5.74) is 5.42. The third kappa shape index (κ3) is 7.40. The largest absolute Gasteiger partial charge is 0.490 e. The van der Waals surface area contributed by atoms with Gasteiger partial charge in [0.05, 0.1) is 23.0 Å². The highest BCUT2D eigenvalue weighted by atomic mass is 19.1. The van der Waals surface area contributed by atoms with E-state index in [0.29, 0.717) is 36.6 Å². The van der Waals surface area contributed by atoms with E-state index in [1.165, 1.54) is 12.1 Å². The van der Waals surface area contributed by atoms with E-state index in [2.05, 4.69) is 37.0 Å². The first-order chi connectivity index (χ1) is 23.6. The molecule has 50 heavy (non-hydrogen) atoms. The summed E-state index contributed by atoms with van der Waals surface area (Å²) >= 11 is 0. The molecule has 9 heteroatoms. The van der Waals surface area contributed by atoms with Crippen molar-refractivity contribution in [3.05, 3.63) is 71.2 Å². The fourth-order valence-electron chi connectivity index (χ4n) is 7.54. The number of piperidine rings is 1. The Morgan fingerprint density at radius 1 is 1.08 bits per heavy atom. The van der Waals surface area contributed by atoms with Gasteiger partial charge in [-0.2, -0.15) is 0 Å². The number of hydrogen-bond donors (Lipinski definition) is 1. The lowest BCUT2D eigenvalue weighted by molar-refractivity contribution is -0.160. The van der Waals surface area contributed by atoms with E-state index in [0.717, 1.165) is 71.5 Å². The van der Waals surface area contributed by atoms with Gasteiger partial charge in [0.15, 0.2) is 6.10 Å². The number of benzene rings is 2. The molecule has 2 aromatic heterocycles. The number of ether oxygens (including phenoxy) is 3. The maximum absolute atomic E-state index is 14.7. The van der Waals surface area contributed by atoms with Gasteiger partial charge in [-0.15, -0.1) is 0 Å². The van der Waals surface area contributed by atoms with Gasteiger partial charge in [0.2, 0.25) is 0 Å². The minimum Gasteiger partial charge on any atom is -0.490 e. The van der Waals surface area contributed by atoms with Crippen molar-refractivity contribution in [2.45, 2.75) is 117 Å². The van der Waals surface area contributed by atoms with Crippen molar-refractivity contribution in [1.29, 1.82) is 0 Å². The molecule has 7 rings (SSSR count). The Morgan fingerprint density at radius 3 is 2.48 bits per heavy atom. The van der Waals surface area contributed by atoms with Crippen LogP contribution in [0.4, 0.5) is 10.2 Å². The summed E-state index contributed by atoms with van der Waals surface area (Å²) in [4.78, 5) is 20.7. The molecule has 1 fully saturated rings. The Morgan fingerprint density at radius 2 is 1.80 bits per heavy atom. The molecule has 0 unspecified atom stereocenters. The number of carbonyl (C=O) groups is 1. The molecule has 1 saturated heterocycles. The molecule has 3 aliphatic rings. The summed E-state index contributed by atoms with van der Waals surface area (Å²) in [7, 11) is 0. The van der Waals surface area contributed by atoms with Crippen LogP contribution in [0, 0.1) is 12.7 Å². The maximum atomic E-state index is 14.7. The van der Waals surface area contributed by atoms with E-state index in [1.807, 2.05) is 58.2 Å². The van der Waals surface area contributed by atoms with Crippen molar-refractivity contribution in [2.24, 2.45) is 0 Å². The van der Waals surface area contributed by atoms with Gasteiger partial charge in [0, 0.05) is 48.1 Å². The zero-order chi connectivity index (χ0) is 36.0. The van der Waals surface area contributed by atoms with Crippen LogP contribution in [0.25, 0.3) is 28.0 Å². The summed E-state index contributed by atoms with van der Waals surface area (Å²) < 4.78 is 36.1. The fourth-order valence-corrected chi connectivity index (χ4v) is 7.54. The lowest BCUT2D eigenvalue weighted by Crippen LogP contribution is -2.45. The van der Waals surface area contributed by atoms with Crippen LogP contribution in [-0.2, 0) is 14.3 Å². The highest BCUT2D eigenvalue weighted by molar-refractivity contribution is 5.82. The molecule has 2 aromatic carbocycles. The number of nitrogens with zero attached hydrogens (tertiary/aromatic N) is 3. The number of carboxylic acids is 1. The van der Waals surface area contributed by atoms with Gasteiger partial charge >= 0.3 is 5.97 Å². The Balaban J connectivity index is 1.61. The van der Waals surface area contributed by atoms with E-state index >= 15 is 0 Å². The van der Waals surface area contributed by atoms with Gasteiger partial charge < -0.3 is 24.2 Å². The lowest BCUT2D eigenvalue weighted by Gasteiger charge is -2.42. The topological polar surface area (TPSA) is 85.5 Å². The third-order valence-corrected chi connectivity index (χ3v) is 10.1. The molecule has 2 atom stereocenters. The quantitative estimate of drug-likeness (QED) is 0.229.